The Morgan fingerprint density at radius 1 is 1.25 bits per heavy atom. The van der Waals surface area contributed by atoms with Crippen molar-refractivity contribution in [1.82, 2.24) is 5.32 Å². The quantitative estimate of drug-likeness (QED) is 0.650. The van der Waals surface area contributed by atoms with E-state index in [2.05, 4.69) is 39.2 Å². The van der Waals surface area contributed by atoms with E-state index >= 15 is 0 Å². The second-order valence-electron chi connectivity index (χ2n) is 8.11. The number of hydrogen-bond acceptors (Lipinski definition) is 4. The summed E-state index contributed by atoms with van der Waals surface area (Å²) in [6.07, 6.45) is 0.813. The number of esters is 1. The molecule has 2 unspecified atom stereocenters. The Morgan fingerprint density at radius 2 is 1.92 bits per heavy atom. The van der Waals surface area contributed by atoms with Gasteiger partial charge in [-0.15, -0.1) is 0 Å². The summed E-state index contributed by atoms with van der Waals surface area (Å²) in [5.74, 6) is -0.383. The monoisotopic (exact) mass is 349 g/mol. The molecule has 0 amide bonds. The molecule has 0 aliphatic carbocycles. The van der Waals surface area contributed by atoms with Gasteiger partial charge < -0.3 is 14.5 Å². The van der Waals surface area contributed by atoms with Crippen molar-refractivity contribution in [3.05, 3.63) is 35.9 Å². The molecule has 134 valence electrons. The predicted octanol–water partition coefficient (Wildman–Crippen LogP) is 3.73. The normalized spacial score (nSPS) is 22.2. The van der Waals surface area contributed by atoms with Crippen LogP contribution in [0, 0.1) is 5.92 Å². The van der Waals surface area contributed by atoms with Crippen LogP contribution in [-0.2, 0) is 20.6 Å². The van der Waals surface area contributed by atoms with Crippen LogP contribution in [-0.4, -0.2) is 33.5 Å². The van der Waals surface area contributed by atoms with E-state index < -0.39 is 8.32 Å². The van der Waals surface area contributed by atoms with Crippen molar-refractivity contribution in [2.45, 2.75) is 58.0 Å². The molecule has 4 nitrogen and oxygen atoms in total. The highest BCUT2D eigenvalue weighted by Gasteiger charge is 2.43. The molecule has 0 saturated carbocycles. The molecule has 5 heteroatoms. The van der Waals surface area contributed by atoms with Gasteiger partial charge in [-0.1, -0.05) is 51.1 Å². The average Bonchev–Trinajstić information content (AvgIpc) is 2.52. The molecule has 24 heavy (non-hydrogen) atoms. The van der Waals surface area contributed by atoms with E-state index in [-0.39, 0.29) is 23.0 Å². The first kappa shape index (κ1) is 19.2. The molecular formula is C19H31NO3Si. The van der Waals surface area contributed by atoms with Gasteiger partial charge in [-0.05, 0) is 36.7 Å². The van der Waals surface area contributed by atoms with E-state index in [9.17, 15) is 4.79 Å². The van der Waals surface area contributed by atoms with Crippen molar-refractivity contribution in [2.75, 3.05) is 13.1 Å². The molecule has 1 fully saturated rings. The third kappa shape index (κ3) is 4.91. The summed E-state index contributed by atoms with van der Waals surface area (Å²) in [5, 5.41) is 3.44. The lowest BCUT2D eigenvalue weighted by atomic mass is 9.96. The minimum absolute atomic E-state index is 0.0459. The van der Waals surface area contributed by atoms with Gasteiger partial charge in [0.15, 0.2) is 8.32 Å². The second-order valence-corrected chi connectivity index (χ2v) is 12.9. The van der Waals surface area contributed by atoms with Crippen LogP contribution in [0.1, 0.15) is 32.8 Å². The molecule has 0 radical (unpaired) electrons. The molecular weight excluding hydrogens is 318 g/mol. The maximum absolute atomic E-state index is 12.6. The van der Waals surface area contributed by atoms with Gasteiger partial charge in [0.05, 0.1) is 12.0 Å². The van der Waals surface area contributed by atoms with Gasteiger partial charge >= 0.3 is 5.97 Å². The third-order valence-electron chi connectivity index (χ3n) is 5.20. The lowest BCUT2D eigenvalue weighted by Gasteiger charge is -2.42. The van der Waals surface area contributed by atoms with E-state index in [4.69, 9.17) is 9.16 Å². The summed E-state index contributed by atoms with van der Waals surface area (Å²) in [5.41, 5.74) is 1.01. The molecule has 0 spiro atoms. The highest BCUT2D eigenvalue weighted by atomic mass is 28.4. The minimum atomic E-state index is -1.90. The first-order valence-corrected chi connectivity index (χ1v) is 11.7. The minimum Gasteiger partial charge on any atom is -0.460 e. The van der Waals surface area contributed by atoms with Crippen LogP contribution in [0.15, 0.2) is 30.3 Å². The van der Waals surface area contributed by atoms with Crippen molar-refractivity contribution < 1.29 is 14.0 Å². The van der Waals surface area contributed by atoms with Gasteiger partial charge in [0.2, 0.25) is 0 Å². The van der Waals surface area contributed by atoms with Gasteiger partial charge in [0.1, 0.15) is 6.61 Å². The van der Waals surface area contributed by atoms with Crippen LogP contribution in [0.25, 0.3) is 0 Å². The van der Waals surface area contributed by atoms with Gasteiger partial charge in [0.25, 0.3) is 0 Å². The van der Waals surface area contributed by atoms with Crippen LogP contribution in [0.4, 0.5) is 0 Å². The summed E-state index contributed by atoms with van der Waals surface area (Å²) >= 11 is 0. The number of ether oxygens (including phenoxy) is 1. The molecule has 0 aromatic heterocycles. The fraction of sp³-hybridized carbons (Fsp3) is 0.632. The highest BCUT2D eigenvalue weighted by molar-refractivity contribution is 6.74. The van der Waals surface area contributed by atoms with Gasteiger partial charge in [-0.25, -0.2) is 0 Å². The standard InChI is InChI=1S/C19H31NO3Si/c1-19(2,3)24(4,5)23-17-11-12-20-13-16(17)18(21)22-14-15-9-7-6-8-10-15/h6-10,16-17,20H,11-14H2,1-5H3. The Bertz CT molecular complexity index is 539. The molecule has 1 aromatic carbocycles. The Kier molecular flexibility index (Phi) is 6.23. The molecule has 1 heterocycles. The molecule has 2 rings (SSSR count). The molecule has 1 aliphatic heterocycles. The van der Waals surface area contributed by atoms with Gasteiger partial charge in [-0.3, -0.25) is 4.79 Å². The Morgan fingerprint density at radius 3 is 2.54 bits per heavy atom. The van der Waals surface area contributed by atoms with Gasteiger partial charge in [-0.2, -0.15) is 0 Å². The molecule has 1 aromatic rings. The summed E-state index contributed by atoms with van der Waals surface area (Å²) in [4.78, 5) is 12.6. The van der Waals surface area contributed by atoms with E-state index in [1.165, 1.54) is 0 Å². The molecule has 1 aliphatic rings. The predicted molar refractivity (Wildman–Crippen MR) is 99.3 cm³/mol. The van der Waals surface area contributed by atoms with Crippen LogP contribution >= 0.6 is 0 Å². The summed E-state index contributed by atoms with van der Waals surface area (Å²) in [7, 11) is -1.90. The number of rotatable bonds is 5. The van der Waals surface area contributed by atoms with Gasteiger partial charge in [0, 0.05) is 6.54 Å². The molecule has 1 N–H and O–H groups in total. The van der Waals surface area contributed by atoms with E-state index in [1.54, 1.807) is 0 Å². The fourth-order valence-electron chi connectivity index (χ4n) is 2.60. The first-order chi connectivity index (χ1) is 11.2. The zero-order valence-corrected chi connectivity index (χ0v) is 16.6. The van der Waals surface area contributed by atoms with Crippen molar-refractivity contribution in [3.8, 4) is 0 Å². The van der Waals surface area contributed by atoms with Crippen LogP contribution in [0.5, 0.6) is 0 Å². The second kappa shape index (κ2) is 7.81. The number of piperidine rings is 1. The number of carbonyl (C=O) groups is 1. The number of hydrogen-bond donors (Lipinski definition) is 1. The summed E-state index contributed by atoms with van der Waals surface area (Å²) in [6.45, 7) is 13.0. The molecule has 0 bridgehead atoms. The zero-order valence-electron chi connectivity index (χ0n) is 15.6. The Labute approximate surface area is 147 Å². The Balaban J connectivity index is 1.99. The topological polar surface area (TPSA) is 47.6 Å². The van der Waals surface area contributed by atoms with Crippen molar-refractivity contribution in [1.29, 1.82) is 0 Å². The zero-order chi connectivity index (χ0) is 17.8. The van der Waals surface area contributed by atoms with Crippen molar-refractivity contribution in [3.63, 3.8) is 0 Å². The Hall–Kier alpha value is -1.17. The van der Waals surface area contributed by atoms with Crippen LogP contribution < -0.4 is 5.32 Å². The fourth-order valence-corrected chi connectivity index (χ4v) is 3.99. The van der Waals surface area contributed by atoms with Crippen molar-refractivity contribution >= 4 is 14.3 Å². The molecule has 2 atom stereocenters. The van der Waals surface area contributed by atoms with Crippen molar-refractivity contribution in [2.24, 2.45) is 5.92 Å². The lowest BCUT2D eigenvalue weighted by molar-refractivity contribution is -0.154. The smallest absolute Gasteiger partial charge is 0.313 e. The SMILES string of the molecule is CC(C)(C)[Si](C)(C)OC1CCNCC1C(=O)OCc1ccccc1. The summed E-state index contributed by atoms with van der Waals surface area (Å²) in [6, 6.07) is 9.80. The molecule has 1 saturated heterocycles. The van der Waals surface area contributed by atoms with E-state index in [0.29, 0.717) is 13.2 Å². The van der Waals surface area contributed by atoms with E-state index in [1.807, 2.05) is 30.3 Å². The highest BCUT2D eigenvalue weighted by Crippen LogP contribution is 2.38. The van der Waals surface area contributed by atoms with Crippen LogP contribution in [0.2, 0.25) is 18.1 Å². The van der Waals surface area contributed by atoms with Crippen LogP contribution in [0.3, 0.4) is 0 Å². The first-order valence-electron chi connectivity index (χ1n) is 8.80. The number of benzene rings is 1. The summed E-state index contributed by atoms with van der Waals surface area (Å²) < 4.78 is 12.1. The number of carbonyl (C=O) groups excluding carboxylic acids is 1. The number of nitrogens with one attached hydrogen (secondary N) is 1. The average molecular weight is 350 g/mol. The van der Waals surface area contributed by atoms with E-state index in [0.717, 1.165) is 18.5 Å². The maximum Gasteiger partial charge on any atom is 0.313 e. The largest absolute Gasteiger partial charge is 0.460 e. The third-order valence-corrected chi connectivity index (χ3v) is 9.70. The maximum atomic E-state index is 12.6. The lowest BCUT2D eigenvalue weighted by Crippen LogP contribution is -2.52.